The lowest BCUT2D eigenvalue weighted by Crippen LogP contribution is -1.98. The summed E-state index contributed by atoms with van der Waals surface area (Å²) in [5, 5.41) is 17.5. The summed E-state index contributed by atoms with van der Waals surface area (Å²) >= 11 is 1.48. The van der Waals surface area contributed by atoms with E-state index in [0.717, 1.165) is 28.2 Å². The molecular weight excluding hydrogens is 282 g/mol. The second-order valence-corrected chi connectivity index (χ2v) is 5.94. The lowest BCUT2D eigenvalue weighted by molar-refractivity contribution is 0.220. The third-order valence-electron chi connectivity index (χ3n) is 3.64. The van der Waals surface area contributed by atoms with Gasteiger partial charge in [0.05, 0.1) is 11.4 Å². The Morgan fingerprint density at radius 3 is 2.52 bits per heavy atom. The normalized spacial score (nSPS) is 12.6. The molecule has 2 heterocycles. The molecule has 0 aliphatic heterocycles. The average molecular weight is 299 g/mol. The van der Waals surface area contributed by atoms with Crippen molar-refractivity contribution in [2.75, 3.05) is 0 Å². The first-order chi connectivity index (χ1) is 10.1. The molecule has 1 N–H and O–H groups in total. The number of aromatic nitrogens is 3. The first-order valence-corrected chi connectivity index (χ1v) is 7.65. The Morgan fingerprint density at radius 2 is 1.90 bits per heavy atom. The lowest BCUT2D eigenvalue weighted by Gasteiger charge is -2.06. The van der Waals surface area contributed by atoms with Gasteiger partial charge in [0.25, 0.3) is 0 Å². The standard InChI is InChI=1S/C16H17N3OS/c1-10-14(11(2)19(3)18-10)13-9-21-16(17-13)15(20)12-7-5-4-6-8-12/h4-9,15,20H,1-3H3. The highest BCUT2D eigenvalue weighted by molar-refractivity contribution is 7.10. The number of benzene rings is 1. The highest BCUT2D eigenvalue weighted by Crippen LogP contribution is 2.31. The molecule has 1 atom stereocenters. The zero-order valence-corrected chi connectivity index (χ0v) is 13.1. The number of nitrogens with zero attached hydrogens (tertiary/aromatic N) is 3. The maximum absolute atomic E-state index is 10.4. The van der Waals surface area contributed by atoms with Gasteiger partial charge in [0.2, 0.25) is 0 Å². The summed E-state index contributed by atoms with van der Waals surface area (Å²) in [6, 6.07) is 9.59. The Bertz CT molecular complexity index is 761. The van der Waals surface area contributed by atoms with Crippen LogP contribution in [0.15, 0.2) is 35.7 Å². The van der Waals surface area contributed by atoms with Crippen LogP contribution in [-0.2, 0) is 7.05 Å². The van der Waals surface area contributed by atoms with E-state index in [1.807, 2.05) is 61.3 Å². The van der Waals surface area contributed by atoms with Crippen molar-refractivity contribution in [3.8, 4) is 11.3 Å². The van der Waals surface area contributed by atoms with Crippen LogP contribution in [-0.4, -0.2) is 19.9 Å². The van der Waals surface area contributed by atoms with Gasteiger partial charge in [0.15, 0.2) is 0 Å². The van der Waals surface area contributed by atoms with Crippen molar-refractivity contribution in [1.82, 2.24) is 14.8 Å². The molecule has 3 rings (SSSR count). The van der Waals surface area contributed by atoms with Crippen LogP contribution in [0.3, 0.4) is 0 Å². The molecule has 4 nitrogen and oxygen atoms in total. The van der Waals surface area contributed by atoms with Gasteiger partial charge in [-0.15, -0.1) is 11.3 Å². The van der Waals surface area contributed by atoms with Crippen LogP contribution in [0.5, 0.6) is 0 Å². The minimum absolute atomic E-state index is 0.678. The van der Waals surface area contributed by atoms with Crippen LogP contribution >= 0.6 is 11.3 Å². The van der Waals surface area contributed by atoms with Gasteiger partial charge in [0.1, 0.15) is 11.1 Å². The molecular formula is C16H17N3OS. The van der Waals surface area contributed by atoms with Crippen LogP contribution in [0.1, 0.15) is 28.1 Å². The van der Waals surface area contributed by atoms with Gasteiger partial charge < -0.3 is 5.11 Å². The first kappa shape index (κ1) is 14.0. The molecule has 2 aromatic heterocycles. The van der Waals surface area contributed by atoms with Crippen molar-refractivity contribution in [2.24, 2.45) is 7.05 Å². The number of rotatable bonds is 3. The van der Waals surface area contributed by atoms with Crippen LogP contribution in [0, 0.1) is 13.8 Å². The van der Waals surface area contributed by atoms with E-state index in [9.17, 15) is 5.11 Å². The molecule has 0 fully saturated rings. The Kier molecular flexibility index (Phi) is 3.61. The number of hydrogen-bond acceptors (Lipinski definition) is 4. The molecule has 0 spiro atoms. The lowest BCUT2D eigenvalue weighted by atomic mass is 10.1. The van der Waals surface area contributed by atoms with Crippen molar-refractivity contribution in [3.05, 3.63) is 57.7 Å². The Morgan fingerprint density at radius 1 is 1.19 bits per heavy atom. The number of aliphatic hydroxyl groups excluding tert-OH is 1. The van der Waals surface area contributed by atoms with Gasteiger partial charge in [-0.1, -0.05) is 30.3 Å². The molecule has 0 radical (unpaired) electrons. The minimum atomic E-state index is -0.678. The fraction of sp³-hybridized carbons (Fsp3) is 0.250. The van der Waals surface area contributed by atoms with E-state index in [1.54, 1.807) is 0 Å². The number of aliphatic hydroxyl groups is 1. The highest BCUT2D eigenvalue weighted by Gasteiger charge is 2.18. The van der Waals surface area contributed by atoms with E-state index in [2.05, 4.69) is 10.1 Å². The van der Waals surface area contributed by atoms with Crippen LogP contribution in [0.4, 0.5) is 0 Å². The molecule has 1 unspecified atom stereocenters. The summed E-state index contributed by atoms with van der Waals surface area (Å²) in [5.74, 6) is 0. The molecule has 0 saturated carbocycles. The summed E-state index contributed by atoms with van der Waals surface area (Å²) in [6.45, 7) is 4.01. The van der Waals surface area contributed by atoms with Crippen LogP contribution in [0.25, 0.3) is 11.3 Å². The molecule has 21 heavy (non-hydrogen) atoms. The zero-order valence-electron chi connectivity index (χ0n) is 12.2. The molecule has 0 bridgehead atoms. The van der Waals surface area contributed by atoms with Crippen LogP contribution in [0.2, 0.25) is 0 Å². The maximum Gasteiger partial charge on any atom is 0.131 e. The summed E-state index contributed by atoms with van der Waals surface area (Å²) < 4.78 is 1.86. The zero-order chi connectivity index (χ0) is 15.0. The van der Waals surface area contributed by atoms with E-state index in [0.29, 0.717) is 5.01 Å². The predicted octanol–water partition coefficient (Wildman–Crippen LogP) is 3.24. The number of aryl methyl sites for hydroxylation is 2. The maximum atomic E-state index is 10.4. The number of hydrogen-bond donors (Lipinski definition) is 1. The monoisotopic (exact) mass is 299 g/mol. The van der Waals surface area contributed by atoms with Crippen molar-refractivity contribution in [3.63, 3.8) is 0 Å². The first-order valence-electron chi connectivity index (χ1n) is 6.77. The summed E-state index contributed by atoms with van der Waals surface area (Å²) in [4.78, 5) is 4.61. The molecule has 0 aliphatic rings. The molecule has 0 amide bonds. The van der Waals surface area contributed by atoms with Crippen molar-refractivity contribution < 1.29 is 5.11 Å². The molecule has 0 aliphatic carbocycles. The van der Waals surface area contributed by atoms with Gasteiger partial charge in [0, 0.05) is 23.7 Å². The topological polar surface area (TPSA) is 50.9 Å². The van der Waals surface area contributed by atoms with Gasteiger partial charge in [-0.05, 0) is 19.4 Å². The Labute approximate surface area is 127 Å². The van der Waals surface area contributed by atoms with Crippen LogP contribution < -0.4 is 0 Å². The second-order valence-electron chi connectivity index (χ2n) is 5.05. The Balaban J connectivity index is 1.97. The molecule has 3 aromatic rings. The predicted molar refractivity (Wildman–Crippen MR) is 84.3 cm³/mol. The molecule has 108 valence electrons. The van der Waals surface area contributed by atoms with E-state index in [4.69, 9.17) is 0 Å². The van der Waals surface area contributed by atoms with E-state index in [-0.39, 0.29) is 0 Å². The molecule has 5 heteroatoms. The third-order valence-corrected chi connectivity index (χ3v) is 4.53. The summed E-state index contributed by atoms with van der Waals surface area (Å²) in [7, 11) is 1.93. The second kappa shape index (κ2) is 5.42. The Hall–Kier alpha value is -1.98. The summed E-state index contributed by atoms with van der Waals surface area (Å²) in [5.41, 5.74) is 4.84. The quantitative estimate of drug-likeness (QED) is 0.807. The third kappa shape index (κ3) is 2.50. The van der Waals surface area contributed by atoms with Gasteiger partial charge >= 0.3 is 0 Å². The smallest absolute Gasteiger partial charge is 0.131 e. The van der Waals surface area contributed by atoms with Crippen molar-refractivity contribution in [1.29, 1.82) is 0 Å². The highest BCUT2D eigenvalue weighted by atomic mass is 32.1. The van der Waals surface area contributed by atoms with E-state index >= 15 is 0 Å². The van der Waals surface area contributed by atoms with Gasteiger partial charge in [-0.2, -0.15) is 5.10 Å². The fourth-order valence-electron chi connectivity index (χ4n) is 2.45. The summed E-state index contributed by atoms with van der Waals surface area (Å²) in [6.07, 6.45) is -0.678. The largest absolute Gasteiger partial charge is 0.381 e. The van der Waals surface area contributed by atoms with Gasteiger partial charge in [-0.25, -0.2) is 4.98 Å². The number of thiazole rings is 1. The molecule has 0 saturated heterocycles. The SMILES string of the molecule is Cc1nn(C)c(C)c1-c1csc(C(O)c2ccccc2)n1. The fourth-order valence-corrected chi connectivity index (χ4v) is 3.27. The van der Waals surface area contributed by atoms with E-state index < -0.39 is 6.10 Å². The average Bonchev–Trinajstić information content (AvgIpc) is 3.05. The molecule has 1 aromatic carbocycles. The van der Waals surface area contributed by atoms with Crippen molar-refractivity contribution in [2.45, 2.75) is 20.0 Å². The van der Waals surface area contributed by atoms with E-state index in [1.165, 1.54) is 11.3 Å². The van der Waals surface area contributed by atoms with Crippen molar-refractivity contribution >= 4 is 11.3 Å². The minimum Gasteiger partial charge on any atom is -0.381 e. The van der Waals surface area contributed by atoms with Gasteiger partial charge in [-0.3, -0.25) is 4.68 Å².